The van der Waals surface area contributed by atoms with E-state index in [2.05, 4.69) is 98.9 Å². The average Bonchev–Trinajstić information content (AvgIpc) is 3.28. The minimum Gasteiger partial charge on any atom is -0.462 e. The van der Waals surface area contributed by atoms with Gasteiger partial charge in [0.25, 0.3) is 10.1 Å². The highest BCUT2D eigenvalue weighted by molar-refractivity contribution is 7.85. The number of hydrogen-bond donors (Lipinski definition) is 4. The molecule has 0 aliphatic carbocycles. The number of esters is 2. The van der Waals surface area contributed by atoms with Gasteiger partial charge in [-0.25, -0.2) is 0 Å². The van der Waals surface area contributed by atoms with E-state index in [0.717, 1.165) is 109 Å². The molecule has 66 heavy (non-hydrogen) atoms. The molecule has 1 saturated heterocycles. The van der Waals surface area contributed by atoms with E-state index in [1.54, 1.807) is 0 Å². The molecule has 0 aromatic carbocycles. The third-order valence-electron chi connectivity index (χ3n) is 11.0. The average molecular weight is 949 g/mol. The van der Waals surface area contributed by atoms with Gasteiger partial charge >= 0.3 is 11.9 Å². The second-order valence-electron chi connectivity index (χ2n) is 17.1. The summed E-state index contributed by atoms with van der Waals surface area (Å²) >= 11 is 0. The van der Waals surface area contributed by atoms with Crippen LogP contribution in [0.5, 0.6) is 0 Å². The summed E-state index contributed by atoms with van der Waals surface area (Å²) in [5, 5.41) is 31.0. The fourth-order valence-corrected chi connectivity index (χ4v) is 7.84. The van der Waals surface area contributed by atoms with Crippen LogP contribution in [-0.4, -0.2) is 96.0 Å². The van der Waals surface area contributed by atoms with E-state index in [4.69, 9.17) is 18.9 Å². The minimum absolute atomic E-state index is 0.150. The Bertz CT molecular complexity index is 1530. The lowest BCUT2D eigenvalue weighted by molar-refractivity contribution is -0.297. The molecule has 0 radical (unpaired) electrons. The summed E-state index contributed by atoms with van der Waals surface area (Å²) in [6, 6.07) is 0. The molecule has 0 bridgehead atoms. The largest absolute Gasteiger partial charge is 0.462 e. The highest BCUT2D eigenvalue weighted by atomic mass is 32.2. The first kappa shape index (κ1) is 60.8. The smallest absolute Gasteiger partial charge is 0.306 e. The van der Waals surface area contributed by atoms with Crippen LogP contribution < -0.4 is 0 Å². The predicted molar refractivity (Wildman–Crippen MR) is 265 cm³/mol. The van der Waals surface area contributed by atoms with Crippen LogP contribution in [0.4, 0.5) is 0 Å². The Labute approximate surface area is 399 Å². The molecule has 1 rings (SSSR count). The van der Waals surface area contributed by atoms with Crippen molar-refractivity contribution < 1.29 is 56.8 Å². The van der Waals surface area contributed by atoms with Crippen molar-refractivity contribution in [3.05, 3.63) is 85.1 Å². The number of aliphatic hydroxyl groups excluding tert-OH is 3. The van der Waals surface area contributed by atoms with E-state index in [9.17, 15) is 37.9 Å². The molecular weight excluding hydrogens is 861 g/mol. The highest BCUT2D eigenvalue weighted by Crippen LogP contribution is 2.24. The summed E-state index contributed by atoms with van der Waals surface area (Å²) in [5.41, 5.74) is 0. The molecule has 0 amide bonds. The zero-order valence-corrected chi connectivity index (χ0v) is 41.3. The summed E-state index contributed by atoms with van der Waals surface area (Å²) < 4.78 is 54.2. The summed E-state index contributed by atoms with van der Waals surface area (Å²) in [4.78, 5) is 25.5. The Hall–Kier alpha value is -3.17. The Kier molecular flexibility index (Phi) is 38.7. The van der Waals surface area contributed by atoms with E-state index in [-0.39, 0.29) is 19.4 Å². The van der Waals surface area contributed by atoms with Crippen molar-refractivity contribution in [1.82, 2.24) is 0 Å². The molecule has 0 aromatic rings. The monoisotopic (exact) mass is 949 g/mol. The van der Waals surface area contributed by atoms with Crippen molar-refractivity contribution in [2.75, 3.05) is 19.0 Å². The third kappa shape index (κ3) is 35.9. The molecular formula is C53H88O12S. The fraction of sp³-hybridized carbons (Fsp3) is 0.698. The van der Waals surface area contributed by atoms with Gasteiger partial charge in [0.1, 0.15) is 36.8 Å². The molecule has 0 aromatic heterocycles. The summed E-state index contributed by atoms with van der Waals surface area (Å²) in [6.45, 7) is 3.52. The van der Waals surface area contributed by atoms with Crippen LogP contribution in [0.25, 0.3) is 0 Å². The second-order valence-corrected chi connectivity index (χ2v) is 18.6. The van der Waals surface area contributed by atoms with Gasteiger partial charge in [-0.3, -0.25) is 14.1 Å². The number of allylic oxidation sites excluding steroid dienone is 14. The summed E-state index contributed by atoms with van der Waals surface area (Å²) in [7, 11) is -4.61. The first-order chi connectivity index (χ1) is 32.0. The first-order valence-electron chi connectivity index (χ1n) is 25.1. The zero-order chi connectivity index (χ0) is 48.4. The van der Waals surface area contributed by atoms with Crippen LogP contribution in [0.2, 0.25) is 0 Å². The number of carbonyl (C=O) groups is 2. The Morgan fingerprint density at radius 2 is 0.909 bits per heavy atom. The second kappa shape index (κ2) is 42.0. The molecule has 0 saturated carbocycles. The lowest BCUT2D eigenvalue weighted by Crippen LogP contribution is -2.60. The summed E-state index contributed by atoms with van der Waals surface area (Å²) in [6.07, 6.45) is 46.2. The van der Waals surface area contributed by atoms with Gasteiger partial charge in [0.15, 0.2) is 12.4 Å². The van der Waals surface area contributed by atoms with Crippen LogP contribution in [0.1, 0.15) is 181 Å². The third-order valence-corrected chi connectivity index (χ3v) is 11.7. The number of unbranched alkanes of at least 4 members (excludes halogenated alkanes) is 15. The Balaban J connectivity index is 2.38. The lowest BCUT2D eigenvalue weighted by Gasteiger charge is -2.40. The number of carbonyl (C=O) groups excluding carboxylic acids is 2. The standard InChI is InChI=1S/C53H88O12S/c1-3-5-7-9-11-13-15-17-19-20-21-22-23-24-25-26-28-30-32-34-36-38-40-42-49(55)64-46(44-63-53-52(58)51(57)50(56)47(65-53)45-66(59,60)61)43-62-48(54)41-39-37-35-33-31-29-27-18-16-14-12-10-8-6-4-2/h5-8,11-14,17-19,21-22,27,46-47,50-53,56-58H,3-4,9-10,15-16,20,23-26,28-45H2,1-2H3,(H,59,60,61)/b7-5-,8-6-,13-11-,14-12-,19-17-,22-21-,27-18-. The van der Waals surface area contributed by atoms with Crippen molar-refractivity contribution >= 4 is 22.1 Å². The van der Waals surface area contributed by atoms with Crippen LogP contribution in [-0.2, 0) is 38.7 Å². The molecule has 1 fully saturated rings. The van der Waals surface area contributed by atoms with Crippen molar-refractivity contribution in [1.29, 1.82) is 0 Å². The molecule has 1 aliphatic rings. The van der Waals surface area contributed by atoms with Gasteiger partial charge in [-0.05, 0) is 83.5 Å². The topological polar surface area (TPSA) is 186 Å². The first-order valence-corrected chi connectivity index (χ1v) is 26.8. The van der Waals surface area contributed by atoms with Gasteiger partial charge in [0.2, 0.25) is 0 Å². The fourth-order valence-electron chi connectivity index (χ4n) is 7.15. The van der Waals surface area contributed by atoms with Crippen LogP contribution >= 0.6 is 0 Å². The summed E-state index contributed by atoms with van der Waals surface area (Å²) in [5.74, 6) is -2.02. The maximum absolute atomic E-state index is 12.9. The molecule has 6 atom stereocenters. The van der Waals surface area contributed by atoms with Crippen molar-refractivity contribution in [3.63, 3.8) is 0 Å². The highest BCUT2D eigenvalue weighted by Gasteiger charge is 2.46. The lowest BCUT2D eigenvalue weighted by atomic mass is 10.00. The molecule has 6 unspecified atom stereocenters. The molecule has 13 heteroatoms. The van der Waals surface area contributed by atoms with Crippen LogP contribution in [0.15, 0.2) is 85.1 Å². The van der Waals surface area contributed by atoms with Crippen molar-refractivity contribution in [2.45, 2.75) is 218 Å². The number of aliphatic hydroxyl groups is 3. The normalized spacial score (nSPS) is 20.1. The van der Waals surface area contributed by atoms with Gasteiger partial charge in [0.05, 0.1) is 6.61 Å². The SMILES string of the molecule is CC/C=C\C/C=C\C/C=C\C/C=C\CCCCCCCCCCCCC(=O)OC(COC(=O)CCCCCCC/C=C\C/C=C\C/C=C\CC)COC1OC(CS(=O)(=O)O)C(O)C(O)C1O. The maximum atomic E-state index is 12.9. The quantitative estimate of drug-likeness (QED) is 0.0197. The van der Waals surface area contributed by atoms with E-state index in [0.29, 0.717) is 12.8 Å². The van der Waals surface area contributed by atoms with E-state index in [1.807, 2.05) is 0 Å². The molecule has 0 spiro atoms. The van der Waals surface area contributed by atoms with Crippen molar-refractivity contribution in [2.24, 2.45) is 0 Å². The van der Waals surface area contributed by atoms with Gasteiger partial charge in [-0.15, -0.1) is 0 Å². The van der Waals surface area contributed by atoms with Gasteiger partial charge in [-0.2, -0.15) is 8.42 Å². The minimum atomic E-state index is -4.61. The Morgan fingerprint density at radius 3 is 1.35 bits per heavy atom. The number of hydrogen-bond acceptors (Lipinski definition) is 11. The van der Waals surface area contributed by atoms with Crippen molar-refractivity contribution in [3.8, 4) is 0 Å². The predicted octanol–water partition coefficient (Wildman–Crippen LogP) is 11.2. The Morgan fingerprint density at radius 1 is 0.515 bits per heavy atom. The number of rotatable bonds is 41. The molecule has 378 valence electrons. The number of ether oxygens (including phenoxy) is 4. The van der Waals surface area contributed by atoms with Crippen LogP contribution in [0, 0.1) is 0 Å². The van der Waals surface area contributed by atoms with E-state index < -0.39 is 71.2 Å². The molecule has 1 aliphatic heterocycles. The zero-order valence-electron chi connectivity index (χ0n) is 40.5. The van der Waals surface area contributed by atoms with Gasteiger partial charge < -0.3 is 34.3 Å². The molecule has 12 nitrogen and oxygen atoms in total. The van der Waals surface area contributed by atoms with E-state index in [1.165, 1.54) is 32.1 Å². The molecule has 1 heterocycles. The maximum Gasteiger partial charge on any atom is 0.306 e. The van der Waals surface area contributed by atoms with Crippen LogP contribution in [0.3, 0.4) is 0 Å². The van der Waals surface area contributed by atoms with Gasteiger partial charge in [-0.1, -0.05) is 170 Å². The van der Waals surface area contributed by atoms with E-state index >= 15 is 0 Å². The molecule has 4 N–H and O–H groups in total. The van der Waals surface area contributed by atoms with Gasteiger partial charge in [0, 0.05) is 12.8 Å².